The summed E-state index contributed by atoms with van der Waals surface area (Å²) in [6.07, 6.45) is 0. The zero-order valence-electron chi connectivity index (χ0n) is 21.7. The summed E-state index contributed by atoms with van der Waals surface area (Å²) >= 11 is 8.30. The highest BCUT2D eigenvalue weighted by atomic mass is 127. The fourth-order valence-electron chi connectivity index (χ4n) is 3.74. The molecule has 0 unspecified atom stereocenters. The normalized spacial score (nSPS) is 12.5. The zero-order valence-corrected chi connectivity index (χ0v) is 25.4. The van der Waals surface area contributed by atoms with E-state index in [0.29, 0.717) is 16.3 Å². The lowest BCUT2D eigenvalue weighted by Gasteiger charge is -2.33. The predicted molar refractivity (Wildman–Crippen MR) is 159 cm³/mol. The molecule has 202 valence electrons. The number of amides is 2. The van der Waals surface area contributed by atoms with Gasteiger partial charge in [-0.2, -0.15) is 0 Å². The Morgan fingerprint density at radius 1 is 0.974 bits per heavy atom. The number of rotatable bonds is 9. The van der Waals surface area contributed by atoms with Gasteiger partial charge in [-0.05, 0) is 104 Å². The molecule has 3 aromatic rings. The van der Waals surface area contributed by atoms with Crippen LogP contribution in [-0.2, 0) is 26.2 Å². The molecule has 0 bridgehead atoms. The smallest absolute Gasteiger partial charge is 0.264 e. The fraction of sp³-hybridized carbons (Fsp3) is 0.286. The predicted octanol–water partition coefficient (Wildman–Crippen LogP) is 5.47. The molecule has 0 aromatic heterocycles. The van der Waals surface area contributed by atoms with Gasteiger partial charge in [0.2, 0.25) is 11.8 Å². The van der Waals surface area contributed by atoms with Crippen molar-refractivity contribution in [2.75, 3.05) is 10.8 Å². The SMILES string of the molecule is C[C@H](C(=O)NC(C)(C)C)N(Cc1cccc(Cl)c1)C(=O)CN(c1ccc(I)cc1)S(=O)(=O)c1ccccc1. The van der Waals surface area contributed by atoms with Crippen molar-refractivity contribution in [1.82, 2.24) is 10.2 Å². The number of carbonyl (C=O) groups is 2. The number of sulfonamides is 1. The van der Waals surface area contributed by atoms with Gasteiger partial charge in [-0.1, -0.05) is 41.9 Å². The highest BCUT2D eigenvalue weighted by molar-refractivity contribution is 14.1. The molecule has 10 heteroatoms. The van der Waals surface area contributed by atoms with Crippen LogP contribution < -0.4 is 9.62 Å². The Morgan fingerprint density at radius 2 is 1.61 bits per heavy atom. The molecule has 0 aliphatic heterocycles. The fourth-order valence-corrected chi connectivity index (χ4v) is 5.75. The maximum atomic E-state index is 13.9. The summed E-state index contributed by atoms with van der Waals surface area (Å²) in [6.45, 7) is 6.77. The average Bonchev–Trinajstić information content (AvgIpc) is 2.85. The minimum atomic E-state index is -4.09. The van der Waals surface area contributed by atoms with Crippen molar-refractivity contribution in [3.63, 3.8) is 0 Å². The first-order valence-electron chi connectivity index (χ1n) is 12.0. The van der Waals surface area contributed by atoms with Gasteiger partial charge in [0, 0.05) is 20.7 Å². The number of halogens is 2. The summed E-state index contributed by atoms with van der Waals surface area (Å²) in [5.41, 5.74) is 0.546. The van der Waals surface area contributed by atoms with Gasteiger partial charge in [-0.15, -0.1) is 0 Å². The van der Waals surface area contributed by atoms with Crippen LogP contribution in [0.25, 0.3) is 0 Å². The van der Waals surface area contributed by atoms with Crippen molar-refractivity contribution < 1.29 is 18.0 Å². The minimum Gasteiger partial charge on any atom is -0.350 e. The van der Waals surface area contributed by atoms with Crippen molar-refractivity contribution in [3.05, 3.63) is 93.0 Å². The Balaban J connectivity index is 2.02. The molecule has 7 nitrogen and oxygen atoms in total. The molecule has 3 rings (SSSR count). The van der Waals surface area contributed by atoms with Crippen molar-refractivity contribution in [2.45, 2.75) is 50.7 Å². The molecule has 0 aliphatic rings. The Bertz CT molecular complexity index is 1380. The maximum Gasteiger partial charge on any atom is 0.264 e. The largest absolute Gasteiger partial charge is 0.350 e. The van der Waals surface area contributed by atoms with Crippen molar-refractivity contribution in [3.8, 4) is 0 Å². The monoisotopic (exact) mass is 667 g/mol. The van der Waals surface area contributed by atoms with Gasteiger partial charge >= 0.3 is 0 Å². The standard InChI is InChI=1S/C28H31ClIN3O4S/c1-20(27(35)31-28(2,3)4)32(18-21-9-8-10-22(29)17-21)26(34)19-33(24-15-13-23(30)14-16-24)38(36,37)25-11-6-5-7-12-25/h5-17,20H,18-19H2,1-4H3,(H,31,35)/t20-/m1/s1. The molecular formula is C28H31ClIN3O4S. The van der Waals surface area contributed by atoms with Crippen LogP contribution in [0.1, 0.15) is 33.3 Å². The van der Waals surface area contributed by atoms with Gasteiger partial charge in [-0.25, -0.2) is 8.42 Å². The highest BCUT2D eigenvalue weighted by Gasteiger charge is 2.33. The Labute approximate surface area is 243 Å². The van der Waals surface area contributed by atoms with Crippen LogP contribution in [-0.4, -0.2) is 43.3 Å². The summed E-state index contributed by atoms with van der Waals surface area (Å²) in [4.78, 5) is 28.4. The van der Waals surface area contributed by atoms with E-state index < -0.39 is 34.1 Å². The first-order chi connectivity index (χ1) is 17.8. The van der Waals surface area contributed by atoms with Gasteiger partial charge in [-0.3, -0.25) is 13.9 Å². The van der Waals surface area contributed by atoms with Gasteiger partial charge in [0.1, 0.15) is 12.6 Å². The van der Waals surface area contributed by atoms with Crippen LogP contribution in [0.3, 0.4) is 0 Å². The van der Waals surface area contributed by atoms with E-state index in [-0.39, 0.29) is 17.3 Å². The van der Waals surface area contributed by atoms with E-state index >= 15 is 0 Å². The van der Waals surface area contributed by atoms with Gasteiger partial charge < -0.3 is 10.2 Å². The first kappa shape index (κ1) is 29.9. The molecule has 0 radical (unpaired) electrons. The van der Waals surface area contributed by atoms with Crippen molar-refractivity contribution in [1.29, 1.82) is 0 Å². The number of nitrogens with zero attached hydrogens (tertiary/aromatic N) is 2. The maximum absolute atomic E-state index is 13.9. The molecule has 38 heavy (non-hydrogen) atoms. The van der Waals surface area contributed by atoms with Gasteiger partial charge in [0.15, 0.2) is 0 Å². The molecule has 0 saturated carbocycles. The second-order valence-corrected chi connectivity index (χ2v) is 13.4. The molecular weight excluding hydrogens is 637 g/mol. The molecule has 0 fully saturated rings. The quantitative estimate of drug-likeness (QED) is 0.307. The molecule has 2 amide bonds. The third-order valence-electron chi connectivity index (χ3n) is 5.63. The molecule has 1 N–H and O–H groups in total. The number of anilines is 1. The number of benzene rings is 3. The van der Waals surface area contributed by atoms with E-state index in [0.717, 1.165) is 7.88 Å². The average molecular weight is 668 g/mol. The van der Waals surface area contributed by atoms with Crippen LogP contribution in [0.15, 0.2) is 83.8 Å². The molecule has 0 aliphatic carbocycles. The topological polar surface area (TPSA) is 86.8 Å². The molecule has 1 atom stereocenters. The van der Waals surface area contributed by atoms with Crippen LogP contribution in [0.4, 0.5) is 5.69 Å². The molecule has 3 aromatic carbocycles. The van der Waals surface area contributed by atoms with Crippen LogP contribution in [0.2, 0.25) is 5.02 Å². The number of hydrogen-bond donors (Lipinski definition) is 1. The lowest BCUT2D eigenvalue weighted by molar-refractivity contribution is -0.140. The van der Waals surface area contributed by atoms with Crippen molar-refractivity contribution in [2.24, 2.45) is 0 Å². The molecule has 0 heterocycles. The van der Waals surface area contributed by atoms with Crippen LogP contribution in [0.5, 0.6) is 0 Å². The van der Waals surface area contributed by atoms with Crippen LogP contribution >= 0.6 is 34.2 Å². The lowest BCUT2D eigenvalue weighted by atomic mass is 10.1. The van der Waals surface area contributed by atoms with E-state index in [9.17, 15) is 18.0 Å². The van der Waals surface area contributed by atoms with Crippen LogP contribution in [0, 0.1) is 3.57 Å². The lowest BCUT2D eigenvalue weighted by Crippen LogP contribution is -2.54. The number of nitrogens with one attached hydrogen (secondary N) is 1. The van der Waals surface area contributed by atoms with E-state index in [1.54, 1.807) is 73.7 Å². The van der Waals surface area contributed by atoms with E-state index in [2.05, 4.69) is 27.9 Å². The summed E-state index contributed by atoms with van der Waals surface area (Å²) in [6, 6.07) is 21.0. The summed E-state index contributed by atoms with van der Waals surface area (Å²) in [5.74, 6) is -0.876. The number of carbonyl (C=O) groups excluding carboxylic acids is 2. The molecule has 0 saturated heterocycles. The Hall–Kier alpha value is -2.63. The summed E-state index contributed by atoms with van der Waals surface area (Å²) in [5, 5.41) is 3.40. The second-order valence-electron chi connectivity index (χ2n) is 9.87. The third-order valence-corrected chi connectivity index (χ3v) is 8.37. The van der Waals surface area contributed by atoms with Gasteiger partial charge in [0.25, 0.3) is 10.0 Å². The third kappa shape index (κ3) is 7.94. The van der Waals surface area contributed by atoms with Gasteiger partial charge in [0.05, 0.1) is 10.6 Å². The van der Waals surface area contributed by atoms with E-state index in [1.807, 2.05) is 20.8 Å². The Kier molecular flexibility index (Phi) is 9.83. The highest BCUT2D eigenvalue weighted by Crippen LogP contribution is 2.25. The summed E-state index contributed by atoms with van der Waals surface area (Å²) < 4.78 is 29.5. The first-order valence-corrected chi connectivity index (χ1v) is 14.9. The van der Waals surface area contributed by atoms with Crippen molar-refractivity contribution >= 4 is 61.7 Å². The zero-order chi connectivity index (χ0) is 28.1. The molecule has 0 spiro atoms. The minimum absolute atomic E-state index is 0.0614. The summed E-state index contributed by atoms with van der Waals surface area (Å²) in [7, 11) is -4.09. The Morgan fingerprint density at radius 3 is 2.18 bits per heavy atom. The van der Waals surface area contributed by atoms with E-state index in [4.69, 9.17) is 11.6 Å². The number of hydrogen-bond acceptors (Lipinski definition) is 4. The van der Waals surface area contributed by atoms with E-state index in [1.165, 1.54) is 17.0 Å². The second kappa shape index (κ2) is 12.5.